The highest BCUT2D eigenvalue weighted by molar-refractivity contribution is 9.10. The first kappa shape index (κ1) is 22.8. The molecular weight excluding hydrogens is 454 g/mol. The molecule has 29 heavy (non-hydrogen) atoms. The molecule has 0 aliphatic heterocycles. The Morgan fingerprint density at radius 3 is 2.48 bits per heavy atom. The maximum absolute atomic E-state index is 12.6. The fraction of sp³-hybridized carbons (Fsp3) is 0.286. The van der Waals surface area contributed by atoms with Crippen molar-refractivity contribution in [1.29, 1.82) is 0 Å². The maximum Gasteiger partial charge on any atom is 0.261 e. The Morgan fingerprint density at radius 2 is 1.83 bits per heavy atom. The second kappa shape index (κ2) is 10.9. The summed E-state index contributed by atoms with van der Waals surface area (Å²) in [5, 5.41) is 5.73. The summed E-state index contributed by atoms with van der Waals surface area (Å²) in [7, 11) is 0. The molecule has 2 rings (SSSR count). The van der Waals surface area contributed by atoms with Gasteiger partial charge in [-0.25, -0.2) is 0 Å². The summed E-state index contributed by atoms with van der Waals surface area (Å²) < 4.78 is 6.27. The molecule has 0 heterocycles. The number of anilines is 1. The van der Waals surface area contributed by atoms with Crippen molar-refractivity contribution in [3.63, 3.8) is 0 Å². The number of hydrogen-bond donors (Lipinski definition) is 2. The van der Waals surface area contributed by atoms with Crippen molar-refractivity contribution >= 4 is 50.8 Å². The molecule has 0 bridgehead atoms. The van der Waals surface area contributed by atoms with E-state index in [2.05, 4.69) is 26.6 Å². The van der Waals surface area contributed by atoms with Crippen molar-refractivity contribution in [2.24, 2.45) is 0 Å². The van der Waals surface area contributed by atoms with Gasteiger partial charge in [-0.3, -0.25) is 14.9 Å². The van der Waals surface area contributed by atoms with Crippen LogP contribution in [0.5, 0.6) is 5.75 Å². The van der Waals surface area contributed by atoms with Gasteiger partial charge in [0.15, 0.2) is 5.11 Å². The van der Waals surface area contributed by atoms with Gasteiger partial charge >= 0.3 is 0 Å². The molecule has 2 amide bonds. The van der Waals surface area contributed by atoms with Crippen LogP contribution in [-0.4, -0.2) is 41.5 Å². The average Bonchev–Trinajstić information content (AvgIpc) is 2.70. The van der Waals surface area contributed by atoms with Gasteiger partial charge in [0, 0.05) is 28.8 Å². The minimum Gasteiger partial charge on any atom is -0.493 e. The number of rotatable bonds is 7. The van der Waals surface area contributed by atoms with Crippen LogP contribution in [-0.2, 0) is 0 Å². The van der Waals surface area contributed by atoms with E-state index in [-0.39, 0.29) is 16.9 Å². The summed E-state index contributed by atoms with van der Waals surface area (Å²) in [6.45, 7) is 7.44. The Balaban J connectivity index is 2.10. The minimum atomic E-state index is -0.386. The zero-order chi connectivity index (χ0) is 21.4. The van der Waals surface area contributed by atoms with Gasteiger partial charge in [-0.2, -0.15) is 0 Å². The van der Waals surface area contributed by atoms with Crippen LogP contribution < -0.4 is 15.4 Å². The maximum atomic E-state index is 12.6. The van der Waals surface area contributed by atoms with Gasteiger partial charge in [-0.05, 0) is 69.4 Å². The van der Waals surface area contributed by atoms with E-state index in [0.29, 0.717) is 42.3 Å². The molecule has 154 valence electrons. The lowest BCUT2D eigenvalue weighted by atomic mass is 10.1. The molecule has 0 aromatic heterocycles. The molecule has 8 heteroatoms. The number of thiocarbonyl (C=S) groups is 1. The zero-order valence-corrected chi connectivity index (χ0v) is 19.0. The molecule has 6 nitrogen and oxygen atoms in total. The quantitative estimate of drug-likeness (QED) is 0.576. The molecule has 0 aliphatic rings. The Bertz CT molecular complexity index is 900. The SMILES string of the molecule is CCOc1ccc(Br)cc1C(=O)NC(=S)Nc1cccc(C(=O)N(CC)CC)c1. The lowest BCUT2D eigenvalue weighted by Gasteiger charge is -2.19. The topological polar surface area (TPSA) is 70.7 Å². The van der Waals surface area contributed by atoms with E-state index in [1.807, 2.05) is 20.8 Å². The Labute approximate surface area is 184 Å². The molecule has 2 aromatic carbocycles. The van der Waals surface area contributed by atoms with E-state index >= 15 is 0 Å². The first-order valence-electron chi connectivity index (χ1n) is 9.33. The predicted octanol–water partition coefficient (Wildman–Crippen LogP) is 4.46. The Kier molecular flexibility index (Phi) is 8.60. The van der Waals surface area contributed by atoms with Gasteiger partial charge in [-0.15, -0.1) is 0 Å². The van der Waals surface area contributed by atoms with Crippen LogP contribution in [0.15, 0.2) is 46.9 Å². The number of nitrogens with one attached hydrogen (secondary N) is 2. The molecular formula is C21H24BrN3O3S. The van der Waals surface area contributed by atoms with Crippen LogP contribution in [0.2, 0.25) is 0 Å². The Hall–Kier alpha value is -2.45. The third-order valence-corrected chi connectivity index (χ3v) is 4.83. The van der Waals surface area contributed by atoms with Crippen molar-refractivity contribution < 1.29 is 14.3 Å². The van der Waals surface area contributed by atoms with E-state index in [9.17, 15) is 9.59 Å². The van der Waals surface area contributed by atoms with Crippen LogP contribution in [0.3, 0.4) is 0 Å². The fourth-order valence-electron chi connectivity index (χ4n) is 2.72. The van der Waals surface area contributed by atoms with E-state index < -0.39 is 0 Å². The summed E-state index contributed by atoms with van der Waals surface area (Å²) in [6.07, 6.45) is 0. The smallest absolute Gasteiger partial charge is 0.261 e. The van der Waals surface area contributed by atoms with E-state index in [4.69, 9.17) is 17.0 Å². The third kappa shape index (κ3) is 6.27. The molecule has 2 aromatic rings. The Morgan fingerprint density at radius 1 is 1.10 bits per heavy atom. The van der Waals surface area contributed by atoms with Crippen molar-refractivity contribution in [3.8, 4) is 5.75 Å². The molecule has 0 aliphatic carbocycles. The first-order chi connectivity index (χ1) is 13.9. The van der Waals surface area contributed by atoms with Gasteiger partial charge in [0.1, 0.15) is 5.75 Å². The minimum absolute atomic E-state index is 0.0518. The van der Waals surface area contributed by atoms with Gasteiger partial charge < -0.3 is 15.0 Å². The highest BCUT2D eigenvalue weighted by Gasteiger charge is 2.16. The molecule has 0 saturated heterocycles. The summed E-state index contributed by atoms with van der Waals surface area (Å²) in [5.41, 5.74) is 1.54. The molecule has 0 fully saturated rings. The van der Waals surface area contributed by atoms with Crippen LogP contribution >= 0.6 is 28.1 Å². The summed E-state index contributed by atoms with van der Waals surface area (Å²) in [4.78, 5) is 26.9. The number of amides is 2. The number of nitrogens with zero attached hydrogens (tertiary/aromatic N) is 1. The number of carbonyl (C=O) groups is 2. The van der Waals surface area contributed by atoms with Gasteiger partial charge in [0.2, 0.25) is 0 Å². The molecule has 0 atom stereocenters. The largest absolute Gasteiger partial charge is 0.493 e. The normalized spacial score (nSPS) is 10.2. The van der Waals surface area contributed by atoms with Crippen molar-refractivity contribution in [1.82, 2.24) is 10.2 Å². The molecule has 0 saturated carbocycles. The lowest BCUT2D eigenvalue weighted by molar-refractivity contribution is 0.0772. The molecule has 2 N–H and O–H groups in total. The number of carbonyl (C=O) groups excluding carboxylic acids is 2. The van der Waals surface area contributed by atoms with Crippen LogP contribution in [0, 0.1) is 0 Å². The predicted molar refractivity (Wildman–Crippen MR) is 123 cm³/mol. The summed E-state index contributed by atoms with van der Waals surface area (Å²) in [6, 6.07) is 12.2. The highest BCUT2D eigenvalue weighted by atomic mass is 79.9. The summed E-state index contributed by atoms with van der Waals surface area (Å²) in [5.74, 6) is 0.0366. The van der Waals surface area contributed by atoms with Crippen LogP contribution in [0.25, 0.3) is 0 Å². The monoisotopic (exact) mass is 477 g/mol. The fourth-order valence-corrected chi connectivity index (χ4v) is 3.29. The highest BCUT2D eigenvalue weighted by Crippen LogP contribution is 2.23. The summed E-state index contributed by atoms with van der Waals surface area (Å²) >= 11 is 8.63. The van der Waals surface area contributed by atoms with Gasteiger partial charge in [0.05, 0.1) is 12.2 Å². The van der Waals surface area contributed by atoms with Crippen molar-refractivity contribution in [2.45, 2.75) is 20.8 Å². The van der Waals surface area contributed by atoms with Crippen LogP contribution in [0.1, 0.15) is 41.5 Å². The molecule has 0 radical (unpaired) electrons. The van der Waals surface area contributed by atoms with Gasteiger partial charge in [-0.1, -0.05) is 22.0 Å². The average molecular weight is 478 g/mol. The second-order valence-corrected chi connectivity index (χ2v) is 7.36. The number of benzene rings is 2. The lowest BCUT2D eigenvalue weighted by Crippen LogP contribution is -2.34. The molecule has 0 spiro atoms. The van der Waals surface area contributed by atoms with E-state index in [0.717, 1.165) is 4.47 Å². The van der Waals surface area contributed by atoms with E-state index in [1.165, 1.54) is 0 Å². The first-order valence-corrected chi connectivity index (χ1v) is 10.5. The van der Waals surface area contributed by atoms with E-state index in [1.54, 1.807) is 47.4 Å². The third-order valence-electron chi connectivity index (χ3n) is 4.13. The number of hydrogen-bond acceptors (Lipinski definition) is 4. The van der Waals surface area contributed by atoms with Crippen molar-refractivity contribution in [2.75, 3.05) is 25.0 Å². The van der Waals surface area contributed by atoms with Crippen LogP contribution in [0.4, 0.5) is 5.69 Å². The standard InChI is InChI=1S/C21H24BrN3O3S/c1-4-25(5-2)20(27)14-8-7-9-16(12-14)23-21(29)24-19(26)17-13-15(22)10-11-18(17)28-6-3/h7-13H,4-6H2,1-3H3,(H2,23,24,26,29). The zero-order valence-electron chi connectivity index (χ0n) is 16.6. The van der Waals surface area contributed by atoms with Gasteiger partial charge in [0.25, 0.3) is 11.8 Å². The number of ether oxygens (including phenoxy) is 1. The molecule has 0 unspecified atom stereocenters. The second-order valence-electron chi connectivity index (χ2n) is 6.04. The van der Waals surface area contributed by atoms with Crippen molar-refractivity contribution in [3.05, 3.63) is 58.1 Å². The number of halogens is 1.